The monoisotopic (exact) mass is 346 g/mol. The van der Waals surface area contributed by atoms with E-state index in [1.165, 1.54) is 0 Å². The lowest BCUT2D eigenvalue weighted by molar-refractivity contribution is 0.0939. The number of hydrogen-bond acceptors (Lipinski definition) is 4. The van der Waals surface area contributed by atoms with Gasteiger partial charge in [0.2, 0.25) is 0 Å². The molecule has 1 aromatic carbocycles. The van der Waals surface area contributed by atoms with Crippen molar-refractivity contribution in [3.63, 3.8) is 0 Å². The van der Waals surface area contributed by atoms with E-state index in [1.54, 1.807) is 18.2 Å². The molecule has 0 saturated carbocycles. The number of nitrogens with one attached hydrogen (secondary N) is 1. The maximum atomic E-state index is 12.1. The van der Waals surface area contributed by atoms with E-state index in [4.69, 9.17) is 5.73 Å². The minimum atomic E-state index is -3.03. The largest absolute Gasteiger partial charge is 0.398 e. The lowest BCUT2D eigenvalue weighted by Crippen LogP contribution is -2.43. The highest BCUT2D eigenvalue weighted by atomic mass is 79.9. The number of rotatable bonds is 2. The zero-order valence-electron chi connectivity index (χ0n) is 10.2. The van der Waals surface area contributed by atoms with Crippen LogP contribution in [0.4, 0.5) is 5.69 Å². The van der Waals surface area contributed by atoms with Crippen molar-refractivity contribution in [1.29, 1.82) is 0 Å². The second-order valence-corrected chi connectivity index (χ2v) is 7.80. The van der Waals surface area contributed by atoms with E-state index in [-0.39, 0.29) is 23.5 Å². The first-order valence-corrected chi connectivity index (χ1v) is 8.55. The highest BCUT2D eigenvalue weighted by molar-refractivity contribution is 9.10. The molecule has 0 aromatic heterocycles. The Morgan fingerprint density at radius 1 is 1.42 bits per heavy atom. The zero-order valence-corrected chi connectivity index (χ0v) is 12.6. The van der Waals surface area contributed by atoms with Crippen LogP contribution in [-0.4, -0.2) is 31.9 Å². The summed E-state index contributed by atoms with van der Waals surface area (Å²) in [6.07, 6.45) is 1.27. The molecule has 2 rings (SSSR count). The number of carbonyl (C=O) groups is 1. The van der Waals surface area contributed by atoms with E-state index in [9.17, 15) is 13.2 Å². The van der Waals surface area contributed by atoms with Crippen LogP contribution in [0.2, 0.25) is 0 Å². The SMILES string of the molecule is Nc1cc(Br)ccc1C(=O)NC1CCCS(=O)(=O)C1. The highest BCUT2D eigenvalue weighted by Gasteiger charge is 2.26. The van der Waals surface area contributed by atoms with Crippen molar-refractivity contribution in [3.05, 3.63) is 28.2 Å². The van der Waals surface area contributed by atoms with Crippen LogP contribution >= 0.6 is 15.9 Å². The van der Waals surface area contributed by atoms with Crippen LogP contribution in [0, 0.1) is 0 Å². The summed E-state index contributed by atoms with van der Waals surface area (Å²) in [7, 11) is -3.03. The summed E-state index contributed by atoms with van der Waals surface area (Å²) in [6, 6.07) is 4.66. The smallest absolute Gasteiger partial charge is 0.253 e. The molecule has 1 saturated heterocycles. The summed E-state index contributed by atoms with van der Waals surface area (Å²) in [6.45, 7) is 0. The summed E-state index contributed by atoms with van der Waals surface area (Å²) in [5.74, 6) is -0.110. The van der Waals surface area contributed by atoms with Gasteiger partial charge in [-0.1, -0.05) is 15.9 Å². The Kier molecular flexibility index (Phi) is 4.15. The van der Waals surface area contributed by atoms with E-state index in [0.29, 0.717) is 24.1 Å². The molecular formula is C12H15BrN2O3S. The third-order valence-corrected chi connectivity index (χ3v) is 5.37. The summed E-state index contributed by atoms with van der Waals surface area (Å²) in [5, 5.41) is 2.74. The molecule has 0 aliphatic carbocycles. The first-order chi connectivity index (χ1) is 8.87. The van der Waals surface area contributed by atoms with Crippen LogP contribution in [0.3, 0.4) is 0 Å². The fraction of sp³-hybridized carbons (Fsp3) is 0.417. The van der Waals surface area contributed by atoms with Crippen LogP contribution in [0.15, 0.2) is 22.7 Å². The number of halogens is 1. The van der Waals surface area contributed by atoms with E-state index in [2.05, 4.69) is 21.2 Å². The Labute approximate surface area is 120 Å². The average molecular weight is 347 g/mol. The Hall–Kier alpha value is -1.08. The molecule has 104 valence electrons. The topological polar surface area (TPSA) is 89.3 Å². The molecule has 7 heteroatoms. The number of anilines is 1. The number of sulfone groups is 1. The Morgan fingerprint density at radius 2 is 2.16 bits per heavy atom. The van der Waals surface area contributed by atoms with Crippen molar-refractivity contribution in [2.45, 2.75) is 18.9 Å². The van der Waals surface area contributed by atoms with Gasteiger partial charge in [0.15, 0.2) is 9.84 Å². The maximum absolute atomic E-state index is 12.1. The molecular weight excluding hydrogens is 332 g/mol. The van der Waals surface area contributed by atoms with Gasteiger partial charge in [-0.3, -0.25) is 4.79 Å². The second kappa shape index (κ2) is 5.50. The number of carbonyl (C=O) groups excluding carboxylic acids is 1. The van der Waals surface area contributed by atoms with Crippen LogP contribution in [0.25, 0.3) is 0 Å². The minimum Gasteiger partial charge on any atom is -0.398 e. The van der Waals surface area contributed by atoms with Gasteiger partial charge in [0.25, 0.3) is 5.91 Å². The second-order valence-electron chi connectivity index (χ2n) is 4.66. The normalized spacial score (nSPS) is 21.8. The highest BCUT2D eigenvalue weighted by Crippen LogP contribution is 2.19. The van der Waals surface area contributed by atoms with Gasteiger partial charge in [-0.15, -0.1) is 0 Å². The maximum Gasteiger partial charge on any atom is 0.253 e. The quantitative estimate of drug-likeness (QED) is 0.790. The molecule has 1 aliphatic rings. The minimum absolute atomic E-state index is 0.00910. The first-order valence-electron chi connectivity index (χ1n) is 5.94. The molecule has 1 fully saturated rings. The van der Waals surface area contributed by atoms with Crippen molar-refractivity contribution in [2.24, 2.45) is 0 Å². The van der Waals surface area contributed by atoms with Gasteiger partial charge < -0.3 is 11.1 Å². The molecule has 1 aromatic rings. The summed E-state index contributed by atoms with van der Waals surface area (Å²) < 4.78 is 23.8. The van der Waals surface area contributed by atoms with E-state index < -0.39 is 9.84 Å². The standard InChI is InChI=1S/C12H15BrN2O3S/c13-8-3-4-10(11(14)6-8)12(16)15-9-2-1-5-19(17,18)7-9/h3-4,6,9H,1-2,5,7,14H2,(H,15,16). The van der Waals surface area contributed by atoms with Gasteiger partial charge >= 0.3 is 0 Å². The average Bonchev–Trinajstić information content (AvgIpc) is 2.27. The number of nitrogens with two attached hydrogens (primary N) is 1. The molecule has 19 heavy (non-hydrogen) atoms. The number of nitrogen functional groups attached to an aromatic ring is 1. The molecule has 1 heterocycles. The molecule has 1 unspecified atom stereocenters. The fourth-order valence-electron chi connectivity index (χ4n) is 2.14. The molecule has 0 bridgehead atoms. The van der Waals surface area contributed by atoms with Crippen LogP contribution < -0.4 is 11.1 Å². The van der Waals surface area contributed by atoms with Gasteiger partial charge in [-0.2, -0.15) is 0 Å². The van der Waals surface area contributed by atoms with Gasteiger partial charge in [-0.05, 0) is 31.0 Å². The van der Waals surface area contributed by atoms with E-state index >= 15 is 0 Å². The Morgan fingerprint density at radius 3 is 2.79 bits per heavy atom. The van der Waals surface area contributed by atoms with E-state index in [0.717, 1.165) is 4.47 Å². The third-order valence-electron chi connectivity index (χ3n) is 3.06. The van der Waals surface area contributed by atoms with Crippen molar-refractivity contribution < 1.29 is 13.2 Å². The zero-order chi connectivity index (χ0) is 14.0. The molecule has 1 atom stereocenters. The lowest BCUT2D eigenvalue weighted by Gasteiger charge is -2.23. The van der Waals surface area contributed by atoms with Crippen molar-refractivity contribution in [2.75, 3.05) is 17.2 Å². The third kappa shape index (κ3) is 3.70. The Bertz CT molecular complexity index is 601. The first kappa shape index (κ1) is 14.3. The van der Waals surface area contributed by atoms with Gasteiger partial charge in [-0.25, -0.2) is 8.42 Å². The van der Waals surface area contributed by atoms with Crippen molar-refractivity contribution in [1.82, 2.24) is 5.32 Å². The summed E-state index contributed by atoms with van der Waals surface area (Å²) in [4.78, 5) is 12.1. The van der Waals surface area contributed by atoms with Gasteiger partial charge in [0.05, 0.1) is 17.1 Å². The molecule has 3 N–H and O–H groups in total. The number of benzene rings is 1. The van der Waals surface area contributed by atoms with Gasteiger partial charge in [0, 0.05) is 16.2 Å². The predicted molar refractivity (Wildman–Crippen MR) is 77.7 cm³/mol. The van der Waals surface area contributed by atoms with Gasteiger partial charge in [0.1, 0.15) is 0 Å². The molecule has 0 spiro atoms. The Balaban J connectivity index is 2.09. The molecule has 1 aliphatic heterocycles. The van der Waals surface area contributed by atoms with Crippen LogP contribution in [0.1, 0.15) is 23.2 Å². The predicted octanol–water partition coefficient (Wildman–Crippen LogP) is 1.34. The molecule has 0 radical (unpaired) electrons. The fourth-order valence-corrected chi connectivity index (χ4v) is 4.16. The molecule has 5 nitrogen and oxygen atoms in total. The van der Waals surface area contributed by atoms with Crippen LogP contribution in [0.5, 0.6) is 0 Å². The molecule has 1 amide bonds. The van der Waals surface area contributed by atoms with E-state index in [1.807, 2.05) is 0 Å². The van der Waals surface area contributed by atoms with Crippen molar-refractivity contribution >= 4 is 37.4 Å². The lowest BCUT2D eigenvalue weighted by atomic mass is 10.1. The van der Waals surface area contributed by atoms with Crippen molar-refractivity contribution in [3.8, 4) is 0 Å². The summed E-state index contributed by atoms with van der Waals surface area (Å²) in [5.41, 5.74) is 6.50. The van der Waals surface area contributed by atoms with Crippen LogP contribution in [-0.2, 0) is 9.84 Å². The number of hydrogen-bond donors (Lipinski definition) is 2. The number of amides is 1. The summed E-state index contributed by atoms with van der Waals surface area (Å²) >= 11 is 3.27.